The molecule has 3 N–H and O–H groups in total. The first-order valence-electron chi connectivity index (χ1n) is 4.41. The van der Waals surface area contributed by atoms with Gasteiger partial charge in [0.25, 0.3) is 5.78 Å². The average Bonchev–Trinajstić information content (AvgIpc) is 2.58. The summed E-state index contributed by atoms with van der Waals surface area (Å²) in [6.45, 7) is 0. The van der Waals surface area contributed by atoms with E-state index in [1.807, 2.05) is 0 Å². The van der Waals surface area contributed by atoms with Gasteiger partial charge in [-0.2, -0.15) is 4.98 Å². The summed E-state index contributed by atoms with van der Waals surface area (Å²) < 4.78 is 1.38. The van der Waals surface area contributed by atoms with Crippen LogP contribution in [0, 0.1) is 0 Å². The fourth-order valence-electron chi connectivity index (χ4n) is 1.17. The molecule has 1 unspecified atom stereocenters. The van der Waals surface area contributed by atoms with Gasteiger partial charge in [-0.25, -0.2) is 9.50 Å². The summed E-state index contributed by atoms with van der Waals surface area (Å²) in [7, 11) is 0. The Morgan fingerprint density at radius 2 is 2.44 bits per heavy atom. The first-order valence-corrected chi connectivity index (χ1v) is 4.79. The monoisotopic (exact) mass is 241 g/mol. The highest BCUT2D eigenvalue weighted by Gasteiger charge is 2.15. The van der Waals surface area contributed by atoms with Crippen LogP contribution >= 0.6 is 11.6 Å². The topological polar surface area (TPSA) is 106 Å². The molecule has 1 atom stereocenters. The molecule has 0 aromatic carbocycles. The number of hydrogen-bond donors (Lipinski definition) is 2. The van der Waals surface area contributed by atoms with Gasteiger partial charge in [-0.1, -0.05) is 11.6 Å². The molecule has 0 aliphatic rings. The first-order chi connectivity index (χ1) is 7.56. The van der Waals surface area contributed by atoms with E-state index >= 15 is 0 Å². The normalized spacial score (nSPS) is 12.9. The molecular formula is C8H8ClN5O2. The maximum absolute atomic E-state index is 10.5. The number of carbonyl (C=O) groups is 1. The van der Waals surface area contributed by atoms with Gasteiger partial charge in [-0.15, -0.1) is 5.10 Å². The minimum Gasteiger partial charge on any atom is -0.480 e. The fraction of sp³-hybridized carbons (Fsp3) is 0.250. The number of aliphatic carboxylic acids is 1. The molecule has 16 heavy (non-hydrogen) atoms. The highest BCUT2D eigenvalue weighted by molar-refractivity contribution is 6.30. The molecule has 2 heterocycles. The molecule has 0 saturated carbocycles. The van der Waals surface area contributed by atoms with Crippen LogP contribution in [0.4, 0.5) is 0 Å². The van der Waals surface area contributed by atoms with Crippen molar-refractivity contribution in [2.75, 3.05) is 0 Å². The quantitative estimate of drug-likeness (QED) is 0.766. The highest BCUT2D eigenvalue weighted by atomic mass is 35.5. The summed E-state index contributed by atoms with van der Waals surface area (Å²) in [6, 6.07) is -1.02. The maximum atomic E-state index is 10.5. The van der Waals surface area contributed by atoms with E-state index in [-0.39, 0.29) is 6.42 Å². The number of hydrogen-bond acceptors (Lipinski definition) is 5. The SMILES string of the molecule is NC(Cc1nc2ncc(Cl)cn2n1)C(=O)O. The van der Waals surface area contributed by atoms with Crippen molar-refractivity contribution in [3.63, 3.8) is 0 Å². The smallest absolute Gasteiger partial charge is 0.320 e. The van der Waals surface area contributed by atoms with Gasteiger partial charge >= 0.3 is 5.97 Å². The summed E-state index contributed by atoms with van der Waals surface area (Å²) in [5.74, 6) is -0.411. The van der Waals surface area contributed by atoms with Crippen molar-refractivity contribution in [3.05, 3.63) is 23.2 Å². The Kier molecular flexibility index (Phi) is 2.71. The molecule has 2 aromatic rings. The van der Waals surface area contributed by atoms with Gasteiger partial charge in [-0.05, 0) is 0 Å². The molecule has 0 aliphatic heterocycles. The number of carboxylic acids is 1. The molecule has 0 radical (unpaired) electrons. The van der Waals surface area contributed by atoms with E-state index in [2.05, 4.69) is 15.1 Å². The Labute approximate surface area is 94.9 Å². The van der Waals surface area contributed by atoms with Crippen molar-refractivity contribution in [1.29, 1.82) is 0 Å². The summed E-state index contributed by atoms with van der Waals surface area (Å²) in [5.41, 5.74) is 5.36. The molecule has 84 valence electrons. The molecule has 2 aromatic heterocycles. The first kappa shape index (κ1) is 10.8. The van der Waals surface area contributed by atoms with E-state index in [0.29, 0.717) is 16.6 Å². The Hall–Kier alpha value is -1.73. The Bertz CT molecular complexity index is 540. The molecule has 0 aliphatic carbocycles. The molecular weight excluding hydrogens is 234 g/mol. The van der Waals surface area contributed by atoms with E-state index in [1.54, 1.807) is 0 Å². The predicted molar refractivity (Wildman–Crippen MR) is 55.1 cm³/mol. The number of nitrogens with zero attached hydrogens (tertiary/aromatic N) is 4. The molecule has 7 nitrogen and oxygen atoms in total. The number of halogens is 1. The lowest BCUT2D eigenvalue weighted by atomic mass is 10.2. The van der Waals surface area contributed by atoms with Gasteiger partial charge in [0.1, 0.15) is 6.04 Å². The van der Waals surface area contributed by atoms with Crippen LogP contribution in [0.25, 0.3) is 5.78 Å². The van der Waals surface area contributed by atoms with Crippen molar-refractivity contribution in [2.24, 2.45) is 5.73 Å². The predicted octanol–water partition coefficient (Wildman–Crippen LogP) is -0.268. The largest absolute Gasteiger partial charge is 0.480 e. The van der Waals surface area contributed by atoms with Gasteiger partial charge in [-0.3, -0.25) is 4.79 Å². The fourth-order valence-corrected chi connectivity index (χ4v) is 1.31. The van der Waals surface area contributed by atoms with Crippen LogP contribution in [0.15, 0.2) is 12.4 Å². The van der Waals surface area contributed by atoms with Gasteiger partial charge < -0.3 is 10.8 Å². The van der Waals surface area contributed by atoms with Crippen LogP contribution in [0.3, 0.4) is 0 Å². The highest BCUT2D eigenvalue weighted by Crippen LogP contribution is 2.07. The van der Waals surface area contributed by atoms with Crippen molar-refractivity contribution < 1.29 is 9.90 Å². The lowest BCUT2D eigenvalue weighted by molar-refractivity contribution is -0.138. The van der Waals surface area contributed by atoms with Crippen LogP contribution in [0.2, 0.25) is 5.02 Å². The van der Waals surface area contributed by atoms with Crippen molar-refractivity contribution >= 4 is 23.3 Å². The minimum absolute atomic E-state index is 0.0519. The molecule has 8 heteroatoms. The summed E-state index contributed by atoms with van der Waals surface area (Å²) in [6.07, 6.45) is 3.02. The maximum Gasteiger partial charge on any atom is 0.320 e. The lowest BCUT2D eigenvalue weighted by Gasteiger charge is -2.00. The van der Waals surface area contributed by atoms with Gasteiger partial charge in [0.05, 0.1) is 17.4 Å². The lowest BCUT2D eigenvalue weighted by Crippen LogP contribution is -2.32. The van der Waals surface area contributed by atoms with Gasteiger partial charge in [0.2, 0.25) is 0 Å². The Morgan fingerprint density at radius 3 is 3.12 bits per heavy atom. The molecule has 2 rings (SSSR count). The number of aromatic nitrogens is 4. The molecule has 0 spiro atoms. The third-order valence-electron chi connectivity index (χ3n) is 1.93. The van der Waals surface area contributed by atoms with Crippen molar-refractivity contribution in [3.8, 4) is 0 Å². The Morgan fingerprint density at radius 1 is 1.69 bits per heavy atom. The second-order valence-electron chi connectivity index (χ2n) is 3.19. The number of fused-ring (bicyclic) bond motifs is 1. The molecule has 0 saturated heterocycles. The number of rotatable bonds is 3. The van der Waals surface area contributed by atoms with Crippen molar-refractivity contribution in [2.45, 2.75) is 12.5 Å². The second kappa shape index (κ2) is 4.03. The van der Waals surface area contributed by atoms with E-state index in [0.717, 1.165) is 0 Å². The van der Waals surface area contributed by atoms with E-state index < -0.39 is 12.0 Å². The number of nitrogens with two attached hydrogens (primary N) is 1. The Balaban J connectivity index is 2.29. The van der Waals surface area contributed by atoms with Crippen LogP contribution in [-0.2, 0) is 11.2 Å². The zero-order valence-electron chi connectivity index (χ0n) is 8.04. The molecule has 0 fully saturated rings. The van der Waals surface area contributed by atoms with E-state index in [1.165, 1.54) is 16.9 Å². The third-order valence-corrected chi connectivity index (χ3v) is 2.12. The summed E-state index contributed by atoms with van der Waals surface area (Å²) in [5, 5.41) is 13.1. The van der Waals surface area contributed by atoms with Crippen LogP contribution in [0.5, 0.6) is 0 Å². The zero-order chi connectivity index (χ0) is 11.7. The van der Waals surface area contributed by atoms with Crippen LogP contribution in [0.1, 0.15) is 5.82 Å². The summed E-state index contributed by atoms with van der Waals surface area (Å²) >= 11 is 5.71. The second-order valence-corrected chi connectivity index (χ2v) is 3.63. The third kappa shape index (κ3) is 2.10. The van der Waals surface area contributed by atoms with Gasteiger partial charge in [0, 0.05) is 6.42 Å². The standard InChI is InChI=1S/C8H8ClN5O2/c9-4-2-11-8-12-6(13-14(8)3-4)1-5(10)7(15)16/h2-3,5H,1,10H2,(H,15,16). The van der Waals surface area contributed by atoms with E-state index in [9.17, 15) is 4.79 Å². The van der Waals surface area contributed by atoms with E-state index in [4.69, 9.17) is 22.4 Å². The number of carboxylic acid groups (broad SMARTS) is 1. The van der Waals surface area contributed by atoms with Crippen LogP contribution < -0.4 is 5.73 Å². The molecule has 0 amide bonds. The minimum atomic E-state index is -1.09. The molecule has 0 bridgehead atoms. The summed E-state index contributed by atoms with van der Waals surface area (Å²) in [4.78, 5) is 18.5. The van der Waals surface area contributed by atoms with Gasteiger partial charge in [0.15, 0.2) is 5.82 Å². The average molecular weight is 242 g/mol. The van der Waals surface area contributed by atoms with Crippen LogP contribution in [-0.4, -0.2) is 36.7 Å². The van der Waals surface area contributed by atoms with Crippen molar-refractivity contribution in [1.82, 2.24) is 19.6 Å². The zero-order valence-corrected chi connectivity index (χ0v) is 8.79.